The van der Waals surface area contributed by atoms with Crippen LogP contribution in [0.25, 0.3) is 0 Å². The average Bonchev–Trinajstić information content (AvgIpc) is 2.41. The van der Waals surface area contributed by atoms with Crippen LogP contribution >= 0.6 is 0 Å². The number of hydrogen-bond acceptors (Lipinski definition) is 2. The van der Waals surface area contributed by atoms with E-state index in [4.69, 9.17) is 0 Å². The fourth-order valence-corrected chi connectivity index (χ4v) is 1.88. The van der Waals surface area contributed by atoms with Crippen LogP contribution in [-0.2, 0) is 11.3 Å². The molecular weight excluding hydrogens is 236 g/mol. The van der Waals surface area contributed by atoms with Gasteiger partial charge in [0.15, 0.2) is 0 Å². The minimum absolute atomic E-state index is 0.176. The molecular formula is C16H26N2O. The summed E-state index contributed by atoms with van der Waals surface area (Å²) in [6.45, 7) is 9.20. The van der Waals surface area contributed by atoms with Crippen molar-refractivity contribution in [3.63, 3.8) is 0 Å². The third kappa shape index (κ3) is 6.39. The number of nitrogens with one attached hydrogen (secondary N) is 1. The molecule has 0 aromatic heterocycles. The third-order valence-corrected chi connectivity index (χ3v) is 3.13. The van der Waals surface area contributed by atoms with Crippen LogP contribution in [0.2, 0.25) is 0 Å². The van der Waals surface area contributed by atoms with Crippen molar-refractivity contribution >= 4 is 5.91 Å². The number of amides is 1. The Morgan fingerprint density at radius 2 is 1.95 bits per heavy atom. The molecule has 0 saturated carbocycles. The summed E-state index contributed by atoms with van der Waals surface area (Å²) in [6, 6.07) is 10.1. The Balaban J connectivity index is 2.35. The van der Waals surface area contributed by atoms with Gasteiger partial charge in [0.25, 0.3) is 0 Å². The number of carbonyl (C=O) groups excluding carboxylic acids is 1. The monoisotopic (exact) mass is 262 g/mol. The Labute approximate surface area is 117 Å². The van der Waals surface area contributed by atoms with Crippen molar-refractivity contribution in [2.24, 2.45) is 5.92 Å². The second-order valence-corrected chi connectivity index (χ2v) is 5.25. The van der Waals surface area contributed by atoms with Crippen molar-refractivity contribution in [1.29, 1.82) is 0 Å². The van der Waals surface area contributed by atoms with Crippen molar-refractivity contribution in [2.45, 2.75) is 33.7 Å². The van der Waals surface area contributed by atoms with E-state index in [0.717, 1.165) is 19.5 Å². The van der Waals surface area contributed by atoms with E-state index in [1.807, 2.05) is 30.0 Å². The average molecular weight is 262 g/mol. The Hall–Kier alpha value is -1.35. The van der Waals surface area contributed by atoms with E-state index in [2.05, 4.69) is 31.3 Å². The van der Waals surface area contributed by atoms with Crippen LogP contribution in [0.1, 0.15) is 32.8 Å². The van der Waals surface area contributed by atoms with Gasteiger partial charge in [-0.3, -0.25) is 4.79 Å². The minimum Gasteiger partial charge on any atom is -0.338 e. The molecule has 0 saturated heterocycles. The molecule has 3 heteroatoms. The van der Waals surface area contributed by atoms with E-state index in [9.17, 15) is 4.79 Å². The zero-order valence-electron chi connectivity index (χ0n) is 12.4. The van der Waals surface area contributed by atoms with Crippen LogP contribution in [0.15, 0.2) is 30.3 Å². The number of carbonyl (C=O) groups is 1. The maximum Gasteiger partial charge on any atom is 0.236 e. The maximum absolute atomic E-state index is 12.1. The van der Waals surface area contributed by atoms with Gasteiger partial charge in [-0.1, -0.05) is 44.2 Å². The highest BCUT2D eigenvalue weighted by Crippen LogP contribution is 2.04. The predicted octanol–water partition coefficient (Wildman–Crippen LogP) is 2.67. The first-order valence-corrected chi connectivity index (χ1v) is 7.16. The number of hydrogen-bond donors (Lipinski definition) is 1. The Kier molecular flexibility index (Phi) is 7.19. The van der Waals surface area contributed by atoms with Crippen LogP contribution in [0.5, 0.6) is 0 Å². The summed E-state index contributed by atoms with van der Waals surface area (Å²) >= 11 is 0. The largest absolute Gasteiger partial charge is 0.338 e. The highest BCUT2D eigenvalue weighted by Gasteiger charge is 2.11. The normalized spacial score (nSPS) is 10.7. The molecule has 0 unspecified atom stereocenters. The molecule has 0 atom stereocenters. The maximum atomic E-state index is 12.1. The first-order valence-electron chi connectivity index (χ1n) is 7.16. The van der Waals surface area contributed by atoms with E-state index in [-0.39, 0.29) is 5.91 Å². The molecule has 0 heterocycles. The van der Waals surface area contributed by atoms with Crippen molar-refractivity contribution < 1.29 is 4.79 Å². The minimum atomic E-state index is 0.176. The lowest BCUT2D eigenvalue weighted by Crippen LogP contribution is -2.38. The third-order valence-electron chi connectivity index (χ3n) is 3.13. The predicted molar refractivity (Wildman–Crippen MR) is 79.9 cm³/mol. The lowest BCUT2D eigenvalue weighted by Gasteiger charge is -2.21. The summed E-state index contributed by atoms with van der Waals surface area (Å²) in [5.74, 6) is 0.851. The highest BCUT2D eigenvalue weighted by atomic mass is 16.2. The molecule has 1 amide bonds. The molecule has 1 N–H and O–H groups in total. The Morgan fingerprint density at radius 3 is 2.53 bits per heavy atom. The summed E-state index contributed by atoms with van der Waals surface area (Å²) in [5, 5.41) is 3.23. The zero-order valence-corrected chi connectivity index (χ0v) is 12.4. The lowest BCUT2D eigenvalue weighted by atomic mass is 10.1. The Bertz CT molecular complexity index is 362. The van der Waals surface area contributed by atoms with Crippen molar-refractivity contribution in [1.82, 2.24) is 10.2 Å². The molecule has 0 aliphatic heterocycles. The molecule has 1 aromatic carbocycles. The molecule has 0 aliphatic carbocycles. The van der Waals surface area contributed by atoms with Crippen molar-refractivity contribution in [3.05, 3.63) is 35.9 Å². The van der Waals surface area contributed by atoms with E-state index in [0.29, 0.717) is 19.0 Å². The summed E-state index contributed by atoms with van der Waals surface area (Å²) in [4.78, 5) is 14.0. The summed E-state index contributed by atoms with van der Waals surface area (Å²) in [7, 11) is 0. The van der Waals surface area contributed by atoms with E-state index < -0.39 is 0 Å². The molecule has 0 bridgehead atoms. The molecule has 19 heavy (non-hydrogen) atoms. The molecule has 1 rings (SSSR count). The van der Waals surface area contributed by atoms with Crippen LogP contribution in [0.4, 0.5) is 0 Å². The van der Waals surface area contributed by atoms with Gasteiger partial charge < -0.3 is 10.2 Å². The standard InChI is InChI=1S/C16H26N2O/c1-4-18(13-15-8-6-5-7-9-15)16(19)12-17-11-10-14(2)3/h5-9,14,17H,4,10-13H2,1-3H3. The van der Waals surface area contributed by atoms with Crippen LogP contribution in [0.3, 0.4) is 0 Å². The van der Waals surface area contributed by atoms with Gasteiger partial charge in [0.05, 0.1) is 6.54 Å². The van der Waals surface area contributed by atoms with Gasteiger partial charge >= 0.3 is 0 Å². The van der Waals surface area contributed by atoms with E-state index >= 15 is 0 Å². The number of likely N-dealkylation sites (N-methyl/N-ethyl adjacent to an activating group) is 1. The smallest absolute Gasteiger partial charge is 0.236 e. The second-order valence-electron chi connectivity index (χ2n) is 5.25. The van der Waals surface area contributed by atoms with E-state index in [1.165, 1.54) is 5.56 Å². The SMILES string of the molecule is CCN(Cc1ccccc1)C(=O)CNCCC(C)C. The highest BCUT2D eigenvalue weighted by molar-refractivity contribution is 5.78. The molecule has 106 valence electrons. The molecule has 0 fully saturated rings. The topological polar surface area (TPSA) is 32.3 Å². The number of nitrogens with zero attached hydrogens (tertiary/aromatic N) is 1. The second kappa shape index (κ2) is 8.70. The molecule has 0 aliphatic rings. The van der Waals surface area contributed by atoms with Crippen LogP contribution in [0, 0.1) is 5.92 Å². The summed E-state index contributed by atoms with van der Waals surface area (Å²) in [5.41, 5.74) is 1.18. The number of rotatable bonds is 8. The lowest BCUT2D eigenvalue weighted by molar-refractivity contribution is -0.130. The molecule has 1 aromatic rings. The van der Waals surface area contributed by atoms with Gasteiger partial charge in [0, 0.05) is 13.1 Å². The molecule has 3 nitrogen and oxygen atoms in total. The van der Waals surface area contributed by atoms with Gasteiger partial charge in [-0.05, 0) is 31.4 Å². The molecule has 0 radical (unpaired) electrons. The van der Waals surface area contributed by atoms with Crippen molar-refractivity contribution in [2.75, 3.05) is 19.6 Å². The van der Waals surface area contributed by atoms with Gasteiger partial charge in [-0.15, -0.1) is 0 Å². The van der Waals surface area contributed by atoms with Crippen LogP contribution in [-0.4, -0.2) is 30.4 Å². The van der Waals surface area contributed by atoms with Gasteiger partial charge in [-0.2, -0.15) is 0 Å². The fraction of sp³-hybridized carbons (Fsp3) is 0.562. The summed E-state index contributed by atoms with van der Waals surface area (Å²) < 4.78 is 0. The van der Waals surface area contributed by atoms with Gasteiger partial charge in [0.1, 0.15) is 0 Å². The summed E-state index contributed by atoms with van der Waals surface area (Å²) in [6.07, 6.45) is 1.11. The van der Waals surface area contributed by atoms with Gasteiger partial charge in [0.2, 0.25) is 5.91 Å². The fourth-order valence-electron chi connectivity index (χ4n) is 1.88. The Morgan fingerprint density at radius 1 is 1.26 bits per heavy atom. The molecule has 0 spiro atoms. The quantitative estimate of drug-likeness (QED) is 0.731. The zero-order chi connectivity index (χ0) is 14.1. The van der Waals surface area contributed by atoms with Gasteiger partial charge in [-0.25, -0.2) is 0 Å². The van der Waals surface area contributed by atoms with Crippen molar-refractivity contribution in [3.8, 4) is 0 Å². The first kappa shape index (κ1) is 15.7. The van der Waals surface area contributed by atoms with Crippen LogP contribution < -0.4 is 5.32 Å². The van der Waals surface area contributed by atoms with E-state index in [1.54, 1.807) is 0 Å². The first-order chi connectivity index (χ1) is 9.13. The number of benzene rings is 1.